The fourth-order valence-electron chi connectivity index (χ4n) is 1.98. The maximum absolute atomic E-state index is 12.9. The van der Waals surface area contributed by atoms with Gasteiger partial charge in [-0.25, -0.2) is 9.97 Å². The molecule has 0 atom stereocenters. The van der Waals surface area contributed by atoms with E-state index in [0.717, 1.165) is 32.5 Å². The normalized spacial score (nSPS) is 17.8. The Hall–Kier alpha value is -1.23. The van der Waals surface area contributed by atoms with Gasteiger partial charge in [0.2, 0.25) is 5.95 Å². The second-order valence-corrected chi connectivity index (χ2v) is 3.84. The van der Waals surface area contributed by atoms with Crippen molar-refractivity contribution in [1.29, 1.82) is 0 Å². The summed E-state index contributed by atoms with van der Waals surface area (Å²) < 4.78 is 18.5. The predicted octanol–water partition coefficient (Wildman–Crippen LogP) is 1.62. The minimum Gasteiger partial charge on any atom is -0.378 e. The highest BCUT2D eigenvalue weighted by Gasteiger charge is 2.20. The summed E-state index contributed by atoms with van der Waals surface area (Å²) in [7, 11) is 0. The lowest BCUT2D eigenvalue weighted by molar-refractivity contribution is 0.0458. The van der Waals surface area contributed by atoms with E-state index in [4.69, 9.17) is 4.74 Å². The highest BCUT2D eigenvalue weighted by molar-refractivity contribution is 5.37. The molecular weight excluding hydrogens is 209 g/mol. The van der Waals surface area contributed by atoms with Gasteiger partial charge in [-0.3, -0.25) is 0 Å². The van der Waals surface area contributed by atoms with Crippen molar-refractivity contribution in [3.8, 4) is 0 Å². The van der Waals surface area contributed by atoms with Crippen molar-refractivity contribution in [3.63, 3.8) is 0 Å². The van der Waals surface area contributed by atoms with E-state index in [1.54, 1.807) is 0 Å². The first-order valence-corrected chi connectivity index (χ1v) is 5.63. The fourth-order valence-corrected chi connectivity index (χ4v) is 1.98. The van der Waals surface area contributed by atoms with E-state index in [1.165, 1.54) is 12.4 Å². The van der Waals surface area contributed by atoms with E-state index >= 15 is 0 Å². The molecule has 2 rings (SSSR count). The zero-order valence-electron chi connectivity index (χ0n) is 9.40. The summed E-state index contributed by atoms with van der Waals surface area (Å²) in [5.74, 6) is 0.194. The Labute approximate surface area is 94.5 Å². The Morgan fingerprint density at radius 3 is 2.81 bits per heavy atom. The Balaban J connectivity index is 1.94. The highest BCUT2D eigenvalue weighted by atomic mass is 19.1. The van der Waals surface area contributed by atoms with Crippen molar-refractivity contribution in [1.82, 2.24) is 9.97 Å². The molecule has 1 aromatic rings. The van der Waals surface area contributed by atoms with Crippen LogP contribution in [0.1, 0.15) is 19.8 Å². The molecule has 2 heterocycles. The summed E-state index contributed by atoms with van der Waals surface area (Å²) >= 11 is 0. The van der Waals surface area contributed by atoms with Crippen molar-refractivity contribution < 1.29 is 9.13 Å². The molecule has 0 amide bonds. The van der Waals surface area contributed by atoms with Crippen LogP contribution in [0.4, 0.5) is 10.2 Å². The molecule has 5 heteroatoms. The van der Waals surface area contributed by atoms with Gasteiger partial charge in [0.25, 0.3) is 0 Å². The number of aromatic nitrogens is 2. The van der Waals surface area contributed by atoms with Crippen LogP contribution in [0, 0.1) is 5.95 Å². The van der Waals surface area contributed by atoms with Gasteiger partial charge in [0.05, 0.1) is 6.10 Å². The van der Waals surface area contributed by atoms with Gasteiger partial charge in [-0.1, -0.05) is 0 Å². The lowest BCUT2D eigenvalue weighted by Crippen LogP contribution is -2.37. The van der Waals surface area contributed by atoms with Gasteiger partial charge in [0.1, 0.15) is 12.1 Å². The molecule has 4 nitrogen and oxygen atoms in total. The molecular formula is C11H16FN3O. The molecule has 1 aromatic heterocycles. The first-order chi connectivity index (χ1) is 7.79. The van der Waals surface area contributed by atoms with Crippen molar-refractivity contribution in [2.24, 2.45) is 0 Å². The Morgan fingerprint density at radius 1 is 1.44 bits per heavy atom. The van der Waals surface area contributed by atoms with Crippen LogP contribution in [0.15, 0.2) is 12.4 Å². The van der Waals surface area contributed by atoms with Crippen LogP contribution in [0.3, 0.4) is 0 Å². The summed E-state index contributed by atoms with van der Waals surface area (Å²) in [6, 6.07) is 1.38. The number of nitrogens with zero attached hydrogens (tertiary/aromatic N) is 3. The maximum Gasteiger partial charge on any atom is 0.218 e. The third-order valence-electron chi connectivity index (χ3n) is 2.79. The molecule has 1 aliphatic rings. The predicted molar refractivity (Wildman–Crippen MR) is 58.9 cm³/mol. The topological polar surface area (TPSA) is 38.2 Å². The fraction of sp³-hybridized carbons (Fsp3) is 0.636. The van der Waals surface area contributed by atoms with Crippen LogP contribution in [0.2, 0.25) is 0 Å². The molecule has 0 aliphatic carbocycles. The Bertz CT molecular complexity index is 340. The van der Waals surface area contributed by atoms with Crippen molar-refractivity contribution in [3.05, 3.63) is 18.3 Å². The maximum atomic E-state index is 12.9. The quantitative estimate of drug-likeness (QED) is 0.733. The SMILES string of the molecule is CCOC1CCN(c2cc(F)ncn2)CC1. The molecule has 16 heavy (non-hydrogen) atoms. The minimum atomic E-state index is -0.475. The molecule has 1 fully saturated rings. The second-order valence-electron chi connectivity index (χ2n) is 3.84. The van der Waals surface area contributed by atoms with E-state index in [9.17, 15) is 4.39 Å². The first-order valence-electron chi connectivity index (χ1n) is 5.63. The third kappa shape index (κ3) is 2.66. The van der Waals surface area contributed by atoms with E-state index in [-0.39, 0.29) is 0 Å². The van der Waals surface area contributed by atoms with Crippen LogP contribution in [-0.2, 0) is 4.74 Å². The van der Waals surface area contributed by atoms with Gasteiger partial charge < -0.3 is 9.64 Å². The zero-order valence-corrected chi connectivity index (χ0v) is 9.40. The van der Waals surface area contributed by atoms with Crippen LogP contribution < -0.4 is 4.90 Å². The highest BCUT2D eigenvalue weighted by Crippen LogP contribution is 2.19. The molecule has 88 valence electrons. The molecule has 0 radical (unpaired) electrons. The average Bonchev–Trinajstić information content (AvgIpc) is 2.30. The number of hydrogen-bond acceptors (Lipinski definition) is 4. The van der Waals surface area contributed by atoms with Gasteiger partial charge in [-0.2, -0.15) is 4.39 Å². The van der Waals surface area contributed by atoms with E-state index in [0.29, 0.717) is 11.9 Å². The summed E-state index contributed by atoms with van der Waals surface area (Å²) in [6.07, 6.45) is 3.55. The number of halogens is 1. The molecule has 0 N–H and O–H groups in total. The molecule has 0 saturated carbocycles. The van der Waals surface area contributed by atoms with E-state index in [2.05, 4.69) is 14.9 Å². The summed E-state index contributed by atoms with van der Waals surface area (Å²) in [5, 5.41) is 0. The number of piperidine rings is 1. The molecule has 0 unspecified atom stereocenters. The standard InChI is InChI=1S/C11H16FN3O/c1-2-16-9-3-5-15(6-4-9)11-7-10(12)13-8-14-11/h7-9H,2-6H2,1H3. The van der Waals surface area contributed by atoms with Crippen LogP contribution >= 0.6 is 0 Å². The summed E-state index contributed by atoms with van der Waals surface area (Å²) in [4.78, 5) is 9.59. The molecule has 0 spiro atoms. The monoisotopic (exact) mass is 225 g/mol. The van der Waals surface area contributed by atoms with E-state index < -0.39 is 5.95 Å². The zero-order chi connectivity index (χ0) is 11.4. The Morgan fingerprint density at radius 2 is 2.19 bits per heavy atom. The molecule has 1 saturated heterocycles. The minimum absolute atomic E-state index is 0.341. The molecule has 0 bridgehead atoms. The average molecular weight is 225 g/mol. The molecule has 0 aromatic carbocycles. The van der Waals surface area contributed by atoms with Crippen LogP contribution in [0.5, 0.6) is 0 Å². The van der Waals surface area contributed by atoms with Crippen LogP contribution in [0.25, 0.3) is 0 Å². The second kappa shape index (κ2) is 5.21. The van der Waals surface area contributed by atoms with Gasteiger partial charge in [0.15, 0.2) is 0 Å². The summed E-state index contributed by atoms with van der Waals surface area (Å²) in [5.41, 5.74) is 0. The lowest BCUT2D eigenvalue weighted by Gasteiger charge is -2.32. The first kappa shape index (κ1) is 11.3. The van der Waals surface area contributed by atoms with Crippen molar-refractivity contribution >= 4 is 5.82 Å². The van der Waals surface area contributed by atoms with Crippen molar-refractivity contribution in [2.45, 2.75) is 25.9 Å². The molecule has 1 aliphatic heterocycles. The third-order valence-corrected chi connectivity index (χ3v) is 2.79. The largest absolute Gasteiger partial charge is 0.378 e. The summed E-state index contributed by atoms with van der Waals surface area (Å²) in [6.45, 7) is 4.49. The number of hydrogen-bond donors (Lipinski definition) is 0. The van der Waals surface area contributed by atoms with E-state index in [1.807, 2.05) is 6.92 Å². The van der Waals surface area contributed by atoms with Gasteiger partial charge in [0, 0.05) is 25.8 Å². The van der Waals surface area contributed by atoms with Gasteiger partial charge >= 0.3 is 0 Å². The number of ether oxygens (including phenoxy) is 1. The van der Waals surface area contributed by atoms with Gasteiger partial charge in [-0.15, -0.1) is 0 Å². The smallest absolute Gasteiger partial charge is 0.218 e. The Kier molecular flexibility index (Phi) is 3.66. The van der Waals surface area contributed by atoms with Gasteiger partial charge in [-0.05, 0) is 19.8 Å². The van der Waals surface area contributed by atoms with Crippen molar-refractivity contribution in [2.75, 3.05) is 24.6 Å². The lowest BCUT2D eigenvalue weighted by atomic mass is 10.1. The number of anilines is 1. The van der Waals surface area contributed by atoms with Crippen LogP contribution in [-0.4, -0.2) is 35.8 Å². The number of rotatable bonds is 3.